The van der Waals surface area contributed by atoms with Gasteiger partial charge in [0.1, 0.15) is 18.0 Å². The van der Waals surface area contributed by atoms with E-state index in [1.807, 2.05) is 0 Å². The van der Waals surface area contributed by atoms with E-state index in [0.717, 1.165) is 30.8 Å². The van der Waals surface area contributed by atoms with Crippen LogP contribution in [0.15, 0.2) is 6.33 Å². The third kappa shape index (κ3) is 4.37. The molecule has 108 valence electrons. The van der Waals surface area contributed by atoms with Gasteiger partial charge in [0.25, 0.3) is 0 Å². The highest BCUT2D eigenvalue weighted by atomic mass is 15.0. The molecule has 4 heteroatoms. The summed E-state index contributed by atoms with van der Waals surface area (Å²) in [7, 11) is 0. The Morgan fingerprint density at radius 1 is 1.16 bits per heavy atom. The summed E-state index contributed by atoms with van der Waals surface area (Å²) < 4.78 is 0. The average molecular weight is 264 g/mol. The van der Waals surface area contributed by atoms with Gasteiger partial charge in [-0.05, 0) is 24.2 Å². The van der Waals surface area contributed by atoms with Crippen LogP contribution in [0.4, 0.5) is 11.6 Å². The second kappa shape index (κ2) is 7.31. The molecule has 0 radical (unpaired) electrons. The van der Waals surface area contributed by atoms with Gasteiger partial charge >= 0.3 is 0 Å². The number of nitrogens with one attached hydrogen (secondary N) is 1. The lowest BCUT2D eigenvalue weighted by atomic mass is 9.85. The fraction of sp³-hybridized carbons (Fsp3) is 0.733. The van der Waals surface area contributed by atoms with E-state index in [-0.39, 0.29) is 0 Å². The van der Waals surface area contributed by atoms with Gasteiger partial charge in [-0.1, -0.05) is 41.0 Å². The maximum Gasteiger partial charge on any atom is 0.134 e. The number of nitrogens with zero attached hydrogens (tertiary/aromatic N) is 2. The minimum absolute atomic E-state index is 0.602. The largest absolute Gasteiger partial charge is 0.383 e. The maximum atomic E-state index is 5.94. The molecule has 0 saturated carbocycles. The van der Waals surface area contributed by atoms with Gasteiger partial charge in [-0.15, -0.1) is 0 Å². The molecule has 0 aliphatic heterocycles. The lowest BCUT2D eigenvalue weighted by molar-refractivity contribution is 0.304. The number of nitrogens with two attached hydrogens (primary N) is 1. The molecule has 0 atom stereocenters. The molecule has 0 aliphatic rings. The molecule has 0 aliphatic carbocycles. The highest BCUT2D eigenvalue weighted by molar-refractivity contribution is 5.54. The van der Waals surface area contributed by atoms with Crippen LogP contribution in [0.5, 0.6) is 0 Å². The van der Waals surface area contributed by atoms with E-state index in [4.69, 9.17) is 5.73 Å². The molecule has 0 aromatic carbocycles. The van der Waals surface area contributed by atoms with Crippen LogP contribution >= 0.6 is 0 Å². The zero-order chi connectivity index (χ0) is 14.4. The van der Waals surface area contributed by atoms with E-state index in [1.165, 1.54) is 6.33 Å². The third-order valence-corrected chi connectivity index (χ3v) is 3.70. The van der Waals surface area contributed by atoms with Crippen molar-refractivity contribution in [1.82, 2.24) is 9.97 Å². The van der Waals surface area contributed by atoms with Crippen LogP contribution in [0, 0.1) is 17.8 Å². The normalized spacial score (nSPS) is 11.6. The molecule has 0 fully saturated rings. The summed E-state index contributed by atoms with van der Waals surface area (Å²) in [4.78, 5) is 8.43. The van der Waals surface area contributed by atoms with Gasteiger partial charge in [-0.25, -0.2) is 9.97 Å². The van der Waals surface area contributed by atoms with E-state index in [9.17, 15) is 0 Å². The van der Waals surface area contributed by atoms with Crippen molar-refractivity contribution in [3.63, 3.8) is 0 Å². The first kappa shape index (κ1) is 15.7. The van der Waals surface area contributed by atoms with Crippen molar-refractivity contribution in [2.75, 3.05) is 17.6 Å². The summed E-state index contributed by atoms with van der Waals surface area (Å²) in [5.41, 5.74) is 6.99. The Kier molecular flexibility index (Phi) is 6.06. The molecule has 0 bridgehead atoms. The van der Waals surface area contributed by atoms with E-state index in [1.54, 1.807) is 0 Å². The monoisotopic (exact) mass is 264 g/mol. The first-order valence-electron chi connectivity index (χ1n) is 7.30. The van der Waals surface area contributed by atoms with Gasteiger partial charge in [0.05, 0.1) is 0 Å². The lowest BCUT2D eigenvalue weighted by Gasteiger charge is -2.25. The molecule has 1 aromatic rings. The SMILES string of the molecule is CCCc1c(N)ncnc1NCC(C(C)C)C(C)C. The van der Waals surface area contributed by atoms with Crippen molar-refractivity contribution in [2.45, 2.75) is 47.5 Å². The fourth-order valence-electron chi connectivity index (χ4n) is 2.53. The van der Waals surface area contributed by atoms with Crippen molar-refractivity contribution < 1.29 is 0 Å². The maximum absolute atomic E-state index is 5.94. The Hall–Kier alpha value is -1.32. The van der Waals surface area contributed by atoms with Crippen molar-refractivity contribution >= 4 is 11.6 Å². The van der Waals surface area contributed by atoms with Crippen molar-refractivity contribution in [2.24, 2.45) is 17.8 Å². The number of hydrogen-bond acceptors (Lipinski definition) is 4. The van der Waals surface area contributed by atoms with Crippen LogP contribution < -0.4 is 11.1 Å². The van der Waals surface area contributed by atoms with Crippen LogP contribution in [0.3, 0.4) is 0 Å². The topological polar surface area (TPSA) is 63.8 Å². The van der Waals surface area contributed by atoms with Gasteiger partial charge < -0.3 is 11.1 Å². The van der Waals surface area contributed by atoms with Crippen LogP contribution in [0.25, 0.3) is 0 Å². The van der Waals surface area contributed by atoms with E-state index < -0.39 is 0 Å². The lowest BCUT2D eigenvalue weighted by Crippen LogP contribution is -2.25. The smallest absolute Gasteiger partial charge is 0.134 e. The van der Waals surface area contributed by atoms with Gasteiger partial charge in [-0.2, -0.15) is 0 Å². The molecule has 0 amide bonds. The van der Waals surface area contributed by atoms with E-state index in [2.05, 4.69) is 49.9 Å². The molecule has 0 saturated heterocycles. The van der Waals surface area contributed by atoms with Crippen molar-refractivity contribution in [3.05, 3.63) is 11.9 Å². The van der Waals surface area contributed by atoms with Crippen LogP contribution in [0.1, 0.15) is 46.6 Å². The minimum Gasteiger partial charge on any atom is -0.383 e. The highest BCUT2D eigenvalue weighted by Crippen LogP contribution is 2.23. The molecule has 0 spiro atoms. The summed E-state index contributed by atoms with van der Waals surface area (Å²) in [6.45, 7) is 12.2. The molecule has 1 rings (SSSR count). The molecule has 1 heterocycles. The Morgan fingerprint density at radius 3 is 2.32 bits per heavy atom. The highest BCUT2D eigenvalue weighted by Gasteiger charge is 2.18. The first-order chi connectivity index (χ1) is 8.97. The van der Waals surface area contributed by atoms with Crippen molar-refractivity contribution in [3.8, 4) is 0 Å². The summed E-state index contributed by atoms with van der Waals surface area (Å²) in [5.74, 6) is 3.44. The van der Waals surface area contributed by atoms with Crippen molar-refractivity contribution in [1.29, 1.82) is 0 Å². The predicted molar refractivity (Wildman–Crippen MR) is 82.1 cm³/mol. The zero-order valence-electron chi connectivity index (χ0n) is 12.9. The molecule has 3 N–H and O–H groups in total. The van der Waals surface area contributed by atoms with E-state index >= 15 is 0 Å². The summed E-state index contributed by atoms with van der Waals surface area (Å²) in [5, 5.41) is 3.47. The third-order valence-electron chi connectivity index (χ3n) is 3.70. The molecule has 4 nitrogen and oxygen atoms in total. The Balaban J connectivity index is 2.79. The summed E-state index contributed by atoms with van der Waals surface area (Å²) in [6.07, 6.45) is 3.50. The number of hydrogen-bond donors (Lipinski definition) is 2. The predicted octanol–water partition coefficient (Wildman–Crippen LogP) is 3.35. The second-order valence-electron chi connectivity index (χ2n) is 5.87. The Bertz CT molecular complexity index is 380. The van der Waals surface area contributed by atoms with Gasteiger partial charge in [-0.3, -0.25) is 0 Å². The minimum atomic E-state index is 0.602. The van der Waals surface area contributed by atoms with Gasteiger partial charge in [0, 0.05) is 12.1 Å². The summed E-state index contributed by atoms with van der Waals surface area (Å²) >= 11 is 0. The Morgan fingerprint density at radius 2 is 1.79 bits per heavy atom. The number of anilines is 2. The molecular weight excluding hydrogens is 236 g/mol. The van der Waals surface area contributed by atoms with Gasteiger partial charge in [0.15, 0.2) is 0 Å². The number of aromatic nitrogens is 2. The second-order valence-corrected chi connectivity index (χ2v) is 5.87. The number of rotatable bonds is 7. The standard InChI is InChI=1S/C15H28N4/c1-6-7-12-14(16)18-9-19-15(12)17-8-13(10(2)3)11(4)5/h9-11,13H,6-8H2,1-5H3,(H3,16,17,18,19). The summed E-state index contributed by atoms with van der Waals surface area (Å²) in [6, 6.07) is 0. The fourth-order valence-corrected chi connectivity index (χ4v) is 2.53. The molecule has 1 aromatic heterocycles. The average Bonchev–Trinajstić information content (AvgIpc) is 2.32. The van der Waals surface area contributed by atoms with Crippen LogP contribution in [0.2, 0.25) is 0 Å². The molecule has 19 heavy (non-hydrogen) atoms. The zero-order valence-corrected chi connectivity index (χ0v) is 12.9. The molecule has 0 unspecified atom stereocenters. The first-order valence-corrected chi connectivity index (χ1v) is 7.30. The quantitative estimate of drug-likeness (QED) is 0.792. The van der Waals surface area contributed by atoms with Gasteiger partial charge in [0.2, 0.25) is 0 Å². The Labute approximate surface area is 117 Å². The van der Waals surface area contributed by atoms with Crippen LogP contribution in [-0.2, 0) is 6.42 Å². The number of nitrogen functional groups attached to an aromatic ring is 1. The van der Waals surface area contributed by atoms with E-state index in [0.29, 0.717) is 23.6 Å². The molecular formula is C15H28N4. The van der Waals surface area contributed by atoms with Crippen LogP contribution in [-0.4, -0.2) is 16.5 Å².